The van der Waals surface area contributed by atoms with Gasteiger partial charge in [0.05, 0.1) is 0 Å². The van der Waals surface area contributed by atoms with Gasteiger partial charge in [0.15, 0.2) is 0 Å². The van der Waals surface area contributed by atoms with Crippen molar-refractivity contribution in [3.05, 3.63) is 59.2 Å². The molecule has 140 valence electrons. The zero-order valence-electron chi connectivity index (χ0n) is 16.5. The van der Waals surface area contributed by atoms with Gasteiger partial charge in [-0.2, -0.15) is 0 Å². The molecule has 0 heteroatoms. The Balaban J connectivity index is 1.47. The maximum atomic E-state index is 2.53. The molecule has 0 amide bonds. The molecular formula is C28H28. The summed E-state index contributed by atoms with van der Waals surface area (Å²) in [6.07, 6.45) is 10.4. The quantitative estimate of drug-likeness (QED) is 0.392. The van der Waals surface area contributed by atoms with Gasteiger partial charge in [-0.15, -0.1) is 0 Å². The second-order valence-corrected chi connectivity index (χ2v) is 10.8. The van der Waals surface area contributed by atoms with Gasteiger partial charge < -0.3 is 0 Å². The molecule has 7 unspecified atom stereocenters. The lowest BCUT2D eigenvalue weighted by atomic mass is 9.59. The van der Waals surface area contributed by atoms with Crippen LogP contribution in [0.2, 0.25) is 0 Å². The van der Waals surface area contributed by atoms with E-state index in [0.717, 1.165) is 41.4 Å². The Labute approximate surface area is 167 Å². The molecule has 0 aromatic heterocycles. The van der Waals surface area contributed by atoms with Gasteiger partial charge in [-0.1, -0.05) is 42.8 Å². The Morgan fingerprint density at radius 1 is 0.643 bits per heavy atom. The van der Waals surface area contributed by atoms with Crippen molar-refractivity contribution >= 4 is 21.5 Å². The summed E-state index contributed by atoms with van der Waals surface area (Å²) >= 11 is 0. The summed E-state index contributed by atoms with van der Waals surface area (Å²) in [4.78, 5) is 0. The second kappa shape index (κ2) is 5.02. The first-order chi connectivity index (χ1) is 13.9. The SMILES string of the molecule is c1ccc2c(C3CC4CCC3C4)c3c4c(ccc3cc2c1)C1C2CCC(C2)C41. The Morgan fingerprint density at radius 3 is 2.36 bits per heavy atom. The number of fused-ring (bicyclic) bond motifs is 13. The molecule has 8 rings (SSSR count). The molecule has 0 nitrogen and oxygen atoms in total. The van der Waals surface area contributed by atoms with Crippen LogP contribution in [-0.4, -0.2) is 0 Å². The molecule has 0 heterocycles. The van der Waals surface area contributed by atoms with Crippen LogP contribution in [0.3, 0.4) is 0 Å². The number of hydrogen-bond donors (Lipinski definition) is 0. The molecule has 28 heavy (non-hydrogen) atoms. The number of benzene rings is 3. The second-order valence-electron chi connectivity index (χ2n) is 10.8. The third kappa shape index (κ3) is 1.67. The van der Waals surface area contributed by atoms with Gasteiger partial charge in [0, 0.05) is 0 Å². The topological polar surface area (TPSA) is 0 Å². The van der Waals surface area contributed by atoms with E-state index in [4.69, 9.17) is 0 Å². The van der Waals surface area contributed by atoms with Crippen LogP contribution in [0.5, 0.6) is 0 Å². The molecule has 5 aliphatic rings. The van der Waals surface area contributed by atoms with Crippen LogP contribution in [0, 0.1) is 23.7 Å². The molecule has 3 aromatic rings. The molecule has 0 N–H and O–H groups in total. The zero-order valence-corrected chi connectivity index (χ0v) is 16.5. The Hall–Kier alpha value is -1.82. The molecule has 0 aliphatic heterocycles. The van der Waals surface area contributed by atoms with E-state index in [1.807, 2.05) is 5.56 Å². The standard InChI is InChI=1S/C28H28/c1-2-4-21-16(3-1)13-20-9-10-22-24-18-7-8-19(14-18)25(24)28(22)26(20)27(21)23-12-15-5-6-17(23)11-15/h1-4,9-10,13,15,17-19,23-25H,5-8,11-12,14H2. The summed E-state index contributed by atoms with van der Waals surface area (Å²) < 4.78 is 0. The van der Waals surface area contributed by atoms with Gasteiger partial charge in [-0.3, -0.25) is 0 Å². The van der Waals surface area contributed by atoms with Crippen LogP contribution < -0.4 is 0 Å². The molecular weight excluding hydrogens is 336 g/mol. The van der Waals surface area contributed by atoms with Gasteiger partial charge in [0.25, 0.3) is 0 Å². The van der Waals surface area contributed by atoms with Crippen molar-refractivity contribution in [3.63, 3.8) is 0 Å². The fraction of sp³-hybridized carbons (Fsp3) is 0.500. The minimum atomic E-state index is 0.816. The summed E-state index contributed by atoms with van der Waals surface area (Å²) in [7, 11) is 0. The maximum absolute atomic E-state index is 2.53. The van der Waals surface area contributed by atoms with E-state index in [0.29, 0.717) is 0 Å². The predicted octanol–water partition coefficient (Wildman–Crippen LogP) is 7.51. The first-order valence-electron chi connectivity index (χ1n) is 11.8. The van der Waals surface area contributed by atoms with Crippen molar-refractivity contribution in [3.8, 4) is 0 Å². The normalized spacial score (nSPS) is 39.5. The third-order valence-corrected chi connectivity index (χ3v) is 9.86. The van der Waals surface area contributed by atoms with Crippen molar-refractivity contribution in [1.82, 2.24) is 0 Å². The van der Waals surface area contributed by atoms with Crippen LogP contribution >= 0.6 is 0 Å². The lowest BCUT2D eigenvalue weighted by Gasteiger charge is -2.44. The van der Waals surface area contributed by atoms with E-state index in [9.17, 15) is 0 Å². The lowest BCUT2D eigenvalue weighted by Crippen LogP contribution is -2.30. The summed E-state index contributed by atoms with van der Waals surface area (Å²) in [6.45, 7) is 0. The van der Waals surface area contributed by atoms with E-state index >= 15 is 0 Å². The minimum Gasteiger partial charge on any atom is -0.0616 e. The highest BCUT2D eigenvalue weighted by Gasteiger charge is 2.56. The van der Waals surface area contributed by atoms with Crippen molar-refractivity contribution in [2.24, 2.45) is 23.7 Å². The first kappa shape index (κ1) is 15.1. The van der Waals surface area contributed by atoms with Crippen LogP contribution in [0.25, 0.3) is 21.5 Å². The zero-order chi connectivity index (χ0) is 18.0. The van der Waals surface area contributed by atoms with E-state index < -0.39 is 0 Å². The van der Waals surface area contributed by atoms with Crippen molar-refractivity contribution in [2.45, 2.75) is 62.7 Å². The largest absolute Gasteiger partial charge is 0.0616 e. The molecule has 7 atom stereocenters. The van der Waals surface area contributed by atoms with Crippen LogP contribution in [0.15, 0.2) is 42.5 Å². The monoisotopic (exact) mass is 364 g/mol. The van der Waals surface area contributed by atoms with Crippen LogP contribution in [-0.2, 0) is 0 Å². The Kier molecular flexibility index (Phi) is 2.70. The van der Waals surface area contributed by atoms with E-state index in [1.54, 1.807) is 21.9 Å². The van der Waals surface area contributed by atoms with Gasteiger partial charge in [0.2, 0.25) is 0 Å². The van der Waals surface area contributed by atoms with E-state index in [2.05, 4.69) is 42.5 Å². The molecule has 0 spiro atoms. The highest BCUT2D eigenvalue weighted by molar-refractivity contribution is 6.05. The van der Waals surface area contributed by atoms with Crippen LogP contribution in [0.1, 0.15) is 79.4 Å². The number of rotatable bonds is 1. The lowest BCUT2D eigenvalue weighted by molar-refractivity contribution is 0.325. The Morgan fingerprint density at radius 2 is 1.50 bits per heavy atom. The van der Waals surface area contributed by atoms with Crippen molar-refractivity contribution in [2.75, 3.05) is 0 Å². The van der Waals surface area contributed by atoms with Crippen molar-refractivity contribution in [1.29, 1.82) is 0 Å². The molecule has 4 saturated carbocycles. The fourth-order valence-corrected chi connectivity index (χ4v) is 8.93. The minimum absolute atomic E-state index is 0.816. The van der Waals surface area contributed by atoms with Crippen LogP contribution in [0.4, 0.5) is 0 Å². The van der Waals surface area contributed by atoms with Gasteiger partial charge in [-0.25, -0.2) is 0 Å². The highest BCUT2D eigenvalue weighted by Crippen LogP contribution is 2.69. The molecule has 4 bridgehead atoms. The molecule has 3 aromatic carbocycles. The smallest absolute Gasteiger partial charge is 0.00528 e. The van der Waals surface area contributed by atoms with E-state index in [1.165, 1.54) is 55.7 Å². The molecule has 5 aliphatic carbocycles. The summed E-state index contributed by atoms with van der Waals surface area (Å²) in [5, 5.41) is 6.31. The average Bonchev–Trinajstić information content (AvgIpc) is 3.48. The maximum Gasteiger partial charge on any atom is -0.00528 e. The molecule has 0 saturated heterocycles. The van der Waals surface area contributed by atoms with Crippen molar-refractivity contribution < 1.29 is 0 Å². The third-order valence-electron chi connectivity index (χ3n) is 9.86. The van der Waals surface area contributed by atoms with Gasteiger partial charge in [0.1, 0.15) is 0 Å². The molecule has 4 fully saturated rings. The Bertz CT molecular complexity index is 1150. The average molecular weight is 365 g/mol. The van der Waals surface area contributed by atoms with Gasteiger partial charge >= 0.3 is 0 Å². The molecule has 0 radical (unpaired) electrons. The first-order valence-corrected chi connectivity index (χ1v) is 11.8. The predicted molar refractivity (Wildman–Crippen MR) is 116 cm³/mol. The highest BCUT2D eigenvalue weighted by atomic mass is 14.6. The summed E-state index contributed by atoms with van der Waals surface area (Å²) in [5.41, 5.74) is 5.35. The van der Waals surface area contributed by atoms with Gasteiger partial charge in [-0.05, 0) is 124 Å². The van der Waals surface area contributed by atoms with E-state index in [-0.39, 0.29) is 0 Å². The number of hydrogen-bond acceptors (Lipinski definition) is 0. The summed E-state index contributed by atoms with van der Waals surface area (Å²) in [5.74, 6) is 6.59. The summed E-state index contributed by atoms with van der Waals surface area (Å²) in [6, 6.07) is 16.8. The fourth-order valence-electron chi connectivity index (χ4n) is 8.93.